The molecule has 2 saturated carbocycles. The lowest BCUT2D eigenvalue weighted by molar-refractivity contribution is -0.137. The summed E-state index contributed by atoms with van der Waals surface area (Å²) < 4.78 is 47.2. The molecule has 43 heavy (non-hydrogen) atoms. The zero-order chi connectivity index (χ0) is 29.9. The van der Waals surface area contributed by atoms with E-state index in [2.05, 4.69) is 34.3 Å². The van der Waals surface area contributed by atoms with Gasteiger partial charge in [0.15, 0.2) is 0 Å². The number of benzene rings is 2. The van der Waals surface area contributed by atoms with Gasteiger partial charge in [0.1, 0.15) is 11.5 Å². The lowest BCUT2D eigenvalue weighted by atomic mass is 9.60. The van der Waals surface area contributed by atoms with Gasteiger partial charge in [0.25, 0.3) is 0 Å². The van der Waals surface area contributed by atoms with Crippen LogP contribution in [0.1, 0.15) is 86.3 Å². The van der Waals surface area contributed by atoms with Crippen molar-refractivity contribution in [2.75, 3.05) is 24.5 Å². The van der Waals surface area contributed by atoms with Crippen molar-refractivity contribution in [2.24, 2.45) is 11.3 Å². The Bertz CT molecular complexity index is 1570. The Labute approximate surface area is 250 Å². The van der Waals surface area contributed by atoms with Crippen LogP contribution in [0.2, 0.25) is 0 Å². The highest BCUT2D eigenvalue weighted by Gasteiger charge is 2.44. The number of alkyl halides is 3. The summed E-state index contributed by atoms with van der Waals surface area (Å²) in [5.41, 5.74) is 5.86. The highest BCUT2D eigenvalue weighted by Crippen LogP contribution is 2.54. The van der Waals surface area contributed by atoms with Crippen LogP contribution in [0.4, 0.5) is 18.9 Å². The van der Waals surface area contributed by atoms with Crippen molar-refractivity contribution >= 4 is 17.7 Å². The third-order valence-electron chi connectivity index (χ3n) is 9.94. The van der Waals surface area contributed by atoms with Crippen LogP contribution in [0, 0.1) is 11.3 Å². The van der Waals surface area contributed by atoms with E-state index >= 15 is 0 Å². The molecule has 2 aliphatic carbocycles. The molecule has 4 aliphatic rings. The predicted octanol–water partition coefficient (Wildman–Crippen LogP) is 8.24. The van der Waals surface area contributed by atoms with Crippen LogP contribution in [0.3, 0.4) is 0 Å². The average Bonchev–Trinajstić information content (AvgIpc) is 3.74. The summed E-state index contributed by atoms with van der Waals surface area (Å²) in [6.45, 7) is 7.39. The first-order chi connectivity index (χ1) is 20.6. The topological polar surface area (TPSA) is 49.6 Å². The minimum Gasteiger partial charge on any atom is -0.371 e. The van der Waals surface area contributed by atoms with E-state index in [1.165, 1.54) is 34.5 Å². The molecule has 2 aliphatic heterocycles. The van der Waals surface area contributed by atoms with Crippen LogP contribution >= 0.6 is 0 Å². The van der Waals surface area contributed by atoms with Gasteiger partial charge in [-0.25, -0.2) is 0 Å². The summed E-state index contributed by atoms with van der Waals surface area (Å²) in [6, 6.07) is 12.4. The van der Waals surface area contributed by atoms with Gasteiger partial charge in [-0.1, -0.05) is 48.8 Å². The van der Waals surface area contributed by atoms with Gasteiger partial charge in [-0.3, -0.25) is 4.79 Å². The van der Waals surface area contributed by atoms with Crippen LogP contribution < -0.4 is 4.90 Å². The predicted molar refractivity (Wildman–Crippen MR) is 160 cm³/mol. The highest BCUT2D eigenvalue weighted by molar-refractivity contribution is 5.79. The number of anilines is 1. The monoisotopic (exact) mass is 589 g/mol. The normalized spacial score (nSPS) is 19.9. The van der Waals surface area contributed by atoms with Gasteiger partial charge in [0.2, 0.25) is 5.91 Å². The van der Waals surface area contributed by atoms with Crippen molar-refractivity contribution in [3.63, 3.8) is 0 Å². The second kappa shape index (κ2) is 10.6. The fourth-order valence-corrected chi connectivity index (χ4v) is 7.32. The number of fused-ring (bicyclic) bond motifs is 1. The zero-order valence-electron chi connectivity index (χ0n) is 24.8. The van der Waals surface area contributed by atoms with E-state index in [0.717, 1.165) is 82.0 Å². The molecule has 0 N–H and O–H groups in total. The molecule has 226 valence electrons. The Morgan fingerprint density at radius 3 is 2.49 bits per heavy atom. The summed E-state index contributed by atoms with van der Waals surface area (Å²) in [7, 11) is 0. The largest absolute Gasteiger partial charge is 0.417 e. The number of amides is 1. The molecule has 3 fully saturated rings. The molecule has 0 atom stereocenters. The molecule has 3 aromatic rings. The van der Waals surface area contributed by atoms with E-state index in [0.29, 0.717) is 12.2 Å². The minimum absolute atomic E-state index is 0.0214. The van der Waals surface area contributed by atoms with E-state index < -0.39 is 11.7 Å². The van der Waals surface area contributed by atoms with Crippen molar-refractivity contribution in [1.82, 2.24) is 10.1 Å². The second-order valence-corrected chi connectivity index (χ2v) is 13.4. The smallest absolute Gasteiger partial charge is 0.371 e. The molecule has 2 aromatic carbocycles. The molecule has 0 radical (unpaired) electrons. The molecule has 1 saturated heterocycles. The Kier molecular flexibility index (Phi) is 6.94. The molecule has 5 nitrogen and oxygen atoms in total. The molecule has 3 heterocycles. The lowest BCUT2D eigenvalue weighted by Gasteiger charge is -2.50. The number of carbonyl (C=O) groups is 1. The van der Waals surface area contributed by atoms with Crippen LogP contribution in [-0.4, -0.2) is 35.6 Å². The number of piperidine rings is 1. The second-order valence-electron chi connectivity index (χ2n) is 13.4. The molecular weight excluding hydrogens is 551 g/mol. The molecule has 7 rings (SSSR count). The summed E-state index contributed by atoms with van der Waals surface area (Å²) in [5.74, 6) is 1.23. The summed E-state index contributed by atoms with van der Waals surface area (Å²) in [4.78, 5) is 16.9. The van der Waals surface area contributed by atoms with Crippen LogP contribution in [0.25, 0.3) is 17.3 Å². The van der Waals surface area contributed by atoms with Gasteiger partial charge >= 0.3 is 6.18 Å². The zero-order valence-corrected chi connectivity index (χ0v) is 24.8. The van der Waals surface area contributed by atoms with Crippen LogP contribution in [-0.2, 0) is 23.9 Å². The number of nitrogens with zero attached hydrogens (tertiary/aromatic N) is 3. The Hall–Kier alpha value is -3.55. The number of allylic oxidation sites excluding steroid dienone is 1. The van der Waals surface area contributed by atoms with Gasteiger partial charge in [0.05, 0.1) is 5.56 Å². The van der Waals surface area contributed by atoms with E-state index in [1.807, 2.05) is 18.7 Å². The number of halogens is 3. The molecule has 1 spiro atoms. The molecular formula is C35H38F3N3O2. The molecule has 0 unspecified atom stereocenters. The SMILES string of the molecule is CC(C)C(=O)N1CCc2cc(N3CCC4(CC3)CC(=Cc3c(-c5ccccc5C(F)(F)F)noc3C3CC3)C4)ccc2C1. The first kappa shape index (κ1) is 28.2. The van der Waals surface area contributed by atoms with Gasteiger partial charge in [-0.05, 0) is 85.8 Å². The Morgan fingerprint density at radius 1 is 1.05 bits per heavy atom. The first-order valence-corrected chi connectivity index (χ1v) is 15.6. The fourth-order valence-electron chi connectivity index (χ4n) is 7.32. The van der Waals surface area contributed by atoms with E-state index in [-0.39, 0.29) is 28.7 Å². The van der Waals surface area contributed by atoms with Crippen molar-refractivity contribution < 1.29 is 22.5 Å². The van der Waals surface area contributed by atoms with Crippen molar-refractivity contribution in [2.45, 2.75) is 77.4 Å². The van der Waals surface area contributed by atoms with Gasteiger partial charge in [-0.15, -0.1) is 0 Å². The molecule has 1 amide bonds. The third kappa shape index (κ3) is 5.38. The Balaban J connectivity index is 1.04. The van der Waals surface area contributed by atoms with Crippen LogP contribution in [0.15, 0.2) is 52.6 Å². The van der Waals surface area contributed by atoms with Gasteiger partial charge in [-0.2, -0.15) is 13.2 Å². The molecule has 0 bridgehead atoms. The van der Waals surface area contributed by atoms with Crippen LogP contribution in [0.5, 0.6) is 0 Å². The maximum atomic E-state index is 13.8. The standard InChI is InChI=1S/C35H38F3N3O2/c1-22(2)33(42)41-14-11-25-18-27(10-9-26(25)21-41)40-15-12-34(13-16-40)19-23(20-34)17-29-31(39-43-32(29)24-7-8-24)28-5-3-4-6-30(28)35(36,37)38/h3-6,9-10,17-18,22,24H,7-8,11-16,19-21H2,1-2H3. The number of rotatable bonds is 5. The van der Waals surface area contributed by atoms with Gasteiger partial charge < -0.3 is 14.3 Å². The lowest BCUT2D eigenvalue weighted by Crippen LogP contribution is -2.44. The fraction of sp³-hybridized carbons (Fsp3) is 0.486. The summed E-state index contributed by atoms with van der Waals surface area (Å²) in [5, 5.41) is 4.19. The maximum absolute atomic E-state index is 13.8. The van der Waals surface area contributed by atoms with Crippen molar-refractivity contribution in [1.29, 1.82) is 0 Å². The van der Waals surface area contributed by atoms with Crippen molar-refractivity contribution in [3.05, 3.63) is 76.1 Å². The van der Waals surface area contributed by atoms with E-state index in [9.17, 15) is 18.0 Å². The van der Waals surface area contributed by atoms with E-state index in [4.69, 9.17) is 4.52 Å². The minimum atomic E-state index is -4.46. The average molecular weight is 590 g/mol. The highest BCUT2D eigenvalue weighted by atomic mass is 19.4. The molecule has 1 aromatic heterocycles. The summed E-state index contributed by atoms with van der Waals surface area (Å²) >= 11 is 0. The van der Waals surface area contributed by atoms with Gasteiger partial charge in [0, 0.05) is 54.8 Å². The quantitative estimate of drug-likeness (QED) is 0.301. The number of carbonyl (C=O) groups excluding carboxylic acids is 1. The van der Waals surface area contributed by atoms with Crippen molar-refractivity contribution in [3.8, 4) is 11.3 Å². The maximum Gasteiger partial charge on any atom is 0.417 e. The Morgan fingerprint density at radius 2 is 1.79 bits per heavy atom. The van der Waals surface area contributed by atoms with E-state index in [1.54, 1.807) is 6.07 Å². The number of hydrogen-bond donors (Lipinski definition) is 0. The molecule has 8 heteroatoms. The number of aromatic nitrogens is 1. The number of hydrogen-bond acceptors (Lipinski definition) is 4. The third-order valence-corrected chi connectivity index (χ3v) is 9.94. The summed E-state index contributed by atoms with van der Waals surface area (Å²) in [6.07, 6.45) is 4.64. The first-order valence-electron chi connectivity index (χ1n) is 15.6.